The standard InChI is InChI=1S/C32H36N2O6/c1-36-27-11-9-22(19-29(27)38-3)13-16-33-17-14-24(15-18-33)34(25-10-12-28(37-2)30(21-25)39-4)32(35)31-20-23-7-5-6-8-26(23)40-31/h5-12,19-21,24H,13-18H2,1-4H3. The van der Waals surface area contributed by atoms with Crippen molar-refractivity contribution in [2.24, 2.45) is 0 Å². The molecule has 0 bridgehead atoms. The van der Waals surface area contributed by atoms with E-state index in [9.17, 15) is 4.79 Å². The summed E-state index contributed by atoms with van der Waals surface area (Å²) in [4.78, 5) is 18.3. The number of hydrogen-bond donors (Lipinski definition) is 0. The van der Waals surface area contributed by atoms with Crippen molar-refractivity contribution in [1.29, 1.82) is 0 Å². The largest absolute Gasteiger partial charge is 0.493 e. The van der Waals surface area contributed by atoms with Crippen LogP contribution in [0.2, 0.25) is 0 Å². The Morgan fingerprint density at radius 3 is 2.15 bits per heavy atom. The summed E-state index contributed by atoms with van der Waals surface area (Å²) in [6.45, 7) is 2.69. The Bertz CT molecular complexity index is 1420. The number of likely N-dealkylation sites (tertiary alicyclic amines) is 1. The Balaban J connectivity index is 1.33. The Hall–Kier alpha value is -4.17. The molecule has 8 nitrogen and oxygen atoms in total. The number of nitrogens with zero attached hydrogens (tertiary/aromatic N) is 2. The fraction of sp³-hybridized carbons (Fsp3) is 0.344. The lowest BCUT2D eigenvalue weighted by molar-refractivity contribution is 0.0935. The quantitative estimate of drug-likeness (QED) is 0.249. The minimum atomic E-state index is -0.160. The summed E-state index contributed by atoms with van der Waals surface area (Å²) in [7, 11) is 6.51. The summed E-state index contributed by atoms with van der Waals surface area (Å²) in [5.74, 6) is 2.84. The first-order valence-electron chi connectivity index (χ1n) is 13.5. The number of benzene rings is 3. The Morgan fingerprint density at radius 2 is 1.48 bits per heavy atom. The van der Waals surface area contributed by atoms with E-state index in [1.165, 1.54) is 5.56 Å². The second-order valence-corrected chi connectivity index (χ2v) is 9.88. The van der Waals surface area contributed by atoms with Gasteiger partial charge in [0.2, 0.25) is 0 Å². The van der Waals surface area contributed by atoms with Crippen molar-refractivity contribution in [3.8, 4) is 23.0 Å². The fourth-order valence-corrected chi connectivity index (χ4v) is 5.40. The predicted octanol–water partition coefficient (Wildman–Crippen LogP) is 5.82. The maximum atomic E-state index is 14.0. The van der Waals surface area contributed by atoms with E-state index in [2.05, 4.69) is 11.0 Å². The molecule has 0 saturated carbocycles. The summed E-state index contributed by atoms with van der Waals surface area (Å²) in [5.41, 5.74) is 2.65. The normalized spacial score (nSPS) is 14.2. The molecule has 0 radical (unpaired) electrons. The molecular formula is C32H36N2O6. The molecule has 1 fully saturated rings. The molecule has 1 aromatic heterocycles. The van der Waals surface area contributed by atoms with Crippen LogP contribution in [-0.2, 0) is 6.42 Å². The number of hydrogen-bond acceptors (Lipinski definition) is 7. The van der Waals surface area contributed by atoms with E-state index in [4.69, 9.17) is 23.4 Å². The van der Waals surface area contributed by atoms with E-state index >= 15 is 0 Å². The van der Waals surface area contributed by atoms with Gasteiger partial charge in [0.05, 0.1) is 28.4 Å². The first-order valence-corrected chi connectivity index (χ1v) is 13.5. The van der Waals surface area contributed by atoms with Gasteiger partial charge in [0, 0.05) is 42.8 Å². The molecule has 0 spiro atoms. The number of amides is 1. The van der Waals surface area contributed by atoms with Gasteiger partial charge in [-0.2, -0.15) is 0 Å². The first-order chi connectivity index (χ1) is 19.5. The first kappa shape index (κ1) is 27.4. The second-order valence-electron chi connectivity index (χ2n) is 9.88. The number of ether oxygens (including phenoxy) is 4. The maximum Gasteiger partial charge on any atom is 0.294 e. The summed E-state index contributed by atoms with van der Waals surface area (Å²) < 4.78 is 27.8. The summed E-state index contributed by atoms with van der Waals surface area (Å²) in [6.07, 6.45) is 2.58. The highest BCUT2D eigenvalue weighted by Gasteiger charge is 2.32. The van der Waals surface area contributed by atoms with Gasteiger partial charge in [-0.15, -0.1) is 0 Å². The zero-order chi connectivity index (χ0) is 28.1. The lowest BCUT2D eigenvalue weighted by atomic mass is 10.0. The van der Waals surface area contributed by atoms with Crippen LogP contribution in [0.25, 0.3) is 11.0 Å². The molecule has 0 aliphatic carbocycles. The van der Waals surface area contributed by atoms with E-state index in [1.807, 2.05) is 65.6 Å². The third-order valence-electron chi connectivity index (χ3n) is 7.59. The Labute approximate surface area is 235 Å². The van der Waals surface area contributed by atoms with Gasteiger partial charge in [-0.05, 0) is 61.2 Å². The molecule has 0 unspecified atom stereocenters. The van der Waals surface area contributed by atoms with Gasteiger partial charge < -0.3 is 33.2 Å². The molecule has 8 heteroatoms. The van der Waals surface area contributed by atoms with E-state index < -0.39 is 0 Å². The van der Waals surface area contributed by atoms with Crippen LogP contribution in [0.4, 0.5) is 5.69 Å². The summed E-state index contributed by atoms with van der Waals surface area (Å²) >= 11 is 0. The number of rotatable bonds is 10. The highest BCUT2D eigenvalue weighted by Crippen LogP contribution is 2.35. The molecule has 2 heterocycles. The fourth-order valence-electron chi connectivity index (χ4n) is 5.40. The van der Waals surface area contributed by atoms with Crippen molar-refractivity contribution in [1.82, 2.24) is 4.90 Å². The summed E-state index contributed by atoms with van der Waals surface area (Å²) in [6, 6.07) is 21.2. The van der Waals surface area contributed by atoms with Crippen LogP contribution in [-0.4, -0.2) is 64.9 Å². The Kier molecular flexibility index (Phi) is 8.45. The monoisotopic (exact) mass is 544 g/mol. The number of methoxy groups -OCH3 is 4. The molecule has 1 amide bonds. The van der Waals surface area contributed by atoms with Crippen molar-refractivity contribution in [3.63, 3.8) is 0 Å². The molecule has 3 aromatic carbocycles. The SMILES string of the molecule is COc1ccc(CCN2CCC(N(C(=O)c3cc4ccccc4o3)c3ccc(OC)c(OC)c3)CC2)cc1OC. The molecule has 5 rings (SSSR count). The van der Waals surface area contributed by atoms with Gasteiger partial charge in [-0.3, -0.25) is 4.79 Å². The highest BCUT2D eigenvalue weighted by molar-refractivity contribution is 6.06. The minimum Gasteiger partial charge on any atom is -0.493 e. The van der Waals surface area contributed by atoms with Crippen molar-refractivity contribution in [3.05, 3.63) is 78.1 Å². The lowest BCUT2D eigenvalue weighted by Crippen LogP contribution is -2.48. The van der Waals surface area contributed by atoms with E-state index in [-0.39, 0.29) is 11.9 Å². The van der Waals surface area contributed by atoms with Gasteiger partial charge >= 0.3 is 0 Å². The Morgan fingerprint density at radius 1 is 0.825 bits per heavy atom. The molecule has 40 heavy (non-hydrogen) atoms. The number of piperidine rings is 1. The average molecular weight is 545 g/mol. The van der Waals surface area contributed by atoms with Crippen LogP contribution in [0.3, 0.4) is 0 Å². The molecule has 1 aliphatic heterocycles. The maximum absolute atomic E-state index is 14.0. The predicted molar refractivity (Wildman–Crippen MR) is 155 cm³/mol. The number of furan rings is 1. The third-order valence-corrected chi connectivity index (χ3v) is 7.59. The molecule has 210 valence electrons. The van der Waals surface area contributed by atoms with Crippen LogP contribution >= 0.6 is 0 Å². The molecular weight excluding hydrogens is 508 g/mol. The summed E-state index contributed by atoms with van der Waals surface area (Å²) in [5, 5.41) is 0.906. The van der Waals surface area contributed by atoms with Gasteiger partial charge in [-0.1, -0.05) is 24.3 Å². The molecule has 1 saturated heterocycles. The highest BCUT2D eigenvalue weighted by atomic mass is 16.5. The topological polar surface area (TPSA) is 73.6 Å². The third kappa shape index (κ3) is 5.72. The van der Waals surface area contributed by atoms with Gasteiger partial charge in [0.25, 0.3) is 5.91 Å². The van der Waals surface area contributed by atoms with Crippen molar-refractivity contribution in [2.75, 3.05) is 53.0 Å². The second kappa shape index (κ2) is 12.3. The molecule has 4 aromatic rings. The zero-order valence-electron chi connectivity index (χ0n) is 23.5. The smallest absolute Gasteiger partial charge is 0.294 e. The van der Waals surface area contributed by atoms with Gasteiger partial charge in [-0.25, -0.2) is 0 Å². The van der Waals surface area contributed by atoms with Crippen molar-refractivity contribution < 1.29 is 28.2 Å². The number of carbonyl (C=O) groups excluding carboxylic acids is 1. The van der Waals surface area contributed by atoms with Crippen LogP contribution < -0.4 is 23.8 Å². The average Bonchev–Trinajstić information content (AvgIpc) is 3.45. The van der Waals surface area contributed by atoms with Crippen molar-refractivity contribution >= 4 is 22.6 Å². The van der Waals surface area contributed by atoms with Crippen LogP contribution in [0.1, 0.15) is 29.0 Å². The number of carbonyl (C=O) groups is 1. The van der Waals surface area contributed by atoms with Gasteiger partial charge in [0.15, 0.2) is 28.8 Å². The number of anilines is 1. The van der Waals surface area contributed by atoms with E-state index in [0.29, 0.717) is 22.8 Å². The lowest BCUT2D eigenvalue weighted by Gasteiger charge is -2.38. The van der Waals surface area contributed by atoms with Gasteiger partial charge in [0.1, 0.15) is 5.58 Å². The number of fused-ring (bicyclic) bond motifs is 1. The van der Waals surface area contributed by atoms with E-state index in [0.717, 1.165) is 61.5 Å². The van der Waals surface area contributed by atoms with E-state index in [1.54, 1.807) is 28.4 Å². The zero-order valence-corrected chi connectivity index (χ0v) is 23.5. The number of para-hydroxylation sites is 1. The molecule has 0 N–H and O–H groups in total. The van der Waals surface area contributed by atoms with Crippen LogP contribution in [0.15, 0.2) is 71.1 Å². The van der Waals surface area contributed by atoms with Crippen molar-refractivity contribution in [2.45, 2.75) is 25.3 Å². The van der Waals surface area contributed by atoms with Crippen LogP contribution in [0.5, 0.6) is 23.0 Å². The minimum absolute atomic E-state index is 0.0103. The van der Waals surface area contributed by atoms with Crippen LogP contribution in [0, 0.1) is 0 Å². The molecule has 0 atom stereocenters. The molecule has 1 aliphatic rings.